The van der Waals surface area contributed by atoms with E-state index in [1.54, 1.807) is 36.4 Å². The highest BCUT2D eigenvalue weighted by Gasteiger charge is 2.14. The number of hydrogen-bond acceptors (Lipinski definition) is 8. The number of methoxy groups -OCH3 is 1. The number of anilines is 3. The fourth-order valence-corrected chi connectivity index (χ4v) is 5.07. The standard InChI is InChI=1S/C33H28ClN5O4S/c1-21-8-14-26(15-9-21)37-33-38-28(20-44-33)23-10-12-24(13-11-23)32(41)39-35-18-22-16-27(34)31(29(17-22)42-2)43-19-30(40)36-25-6-4-3-5-7-25/h3-18,20H,19H2,1-2H3,(H,36,40)(H,37,38)(H,39,41)/b35-18+. The lowest BCUT2D eigenvalue weighted by atomic mass is 10.1. The number of thiazole rings is 1. The van der Waals surface area contributed by atoms with Gasteiger partial charge in [0.15, 0.2) is 23.2 Å². The second-order valence-electron chi connectivity index (χ2n) is 9.54. The van der Waals surface area contributed by atoms with Crippen molar-refractivity contribution in [2.45, 2.75) is 6.92 Å². The van der Waals surface area contributed by atoms with Crippen molar-refractivity contribution >= 4 is 57.5 Å². The summed E-state index contributed by atoms with van der Waals surface area (Å²) in [6.07, 6.45) is 1.43. The van der Waals surface area contributed by atoms with Crippen LogP contribution in [0.2, 0.25) is 5.02 Å². The number of hydrazone groups is 1. The van der Waals surface area contributed by atoms with Crippen LogP contribution < -0.4 is 25.5 Å². The van der Waals surface area contributed by atoms with Crippen molar-refractivity contribution in [1.82, 2.24) is 10.4 Å². The third kappa shape index (κ3) is 8.00. The number of aryl methyl sites for hydroxylation is 1. The first-order chi connectivity index (χ1) is 21.4. The number of nitrogens with zero attached hydrogens (tertiary/aromatic N) is 2. The molecule has 0 aliphatic rings. The molecular weight excluding hydrogens is 598 g/mol. The van der Waals surface area contributed by atoms with Crippen molar-refractivity contribution in [2.75, 3.05) is 24.4 Å². The molecule has 9 nitrogen and oxygen atoms in total. The zero-order chi connectivity index (χ0) is 30.9. The Morgan fingerprint density at radius 2 is 1.73 bits per heavy atom. The Balaban J connectivity index is 1.16. The number of para-hydroxylation sites is 1. The lowest BCUT2D eigenvalue weighted by Crippen LogP contribution is -2.20. The molecule has 0 radical (unpaired) electrons. The van der Waals surface area contributed by atoms with Gasteiger partial charge in [0.25, 0.3) is 11.8 Å². The number of halogens is 1. The number of aromatic nitrogens is 1. The van der Waals surface area contributed by atoms with Gasteiger partial charge in [-0.05, 0) is 61.0 Å². The molecule has 5 aromatic rings. The van der Waals surface area contributed by atoms with E-state index in [0.717, 1.165) is 22.1 Å². The van der Waals surface area contributed by atoms with E-state index < -0.39 is 0 Å². The van der Waals surface area contributed by atoms with Crippen LogP contribution >= 0.6 is 22.9 Å². The molecule has 1 heterocycles. The molecule has 0 unspecified atom stereocenters. The summed E-state index contributed by atoms with van der Waals surface area (Å²) in [7, 11) is 1.46. The minimum Gasteiger partial charge on any atom is -0.493 e. The van der Waals surface area contributed by atoms with Gasteiger partial charge in [0.2, 0.25) is 0 Å². The summed E-state index contributed by atoms with van der Waals surface area (Å²) >= 11 is 7.92. The predicted octanol–water partition coefficient (Wildman–Crippen LogP) is 7.31. The number of ether oxygens (including phenoxy) is 2. The number of nitrogens with one attached hydrogen (secondary N) is 3. The molecule has 0 saturated heterocycles. The highest BCUT2D eigenvalue weighted by molar-refractivity contribution is 7.14. The zero-order valence-corrected chi connectivity index (χ0v) is 25.4. The van der Waals surface area contributed by atoms with Gasteiger partial charge in [0.05, 0.1) is 24.0 Å². The summed E-state index contributed by atoms with van der Waals surface area (Å²) in [5, 5.41) is 13.1. The molecule has 0 atom stereocenters. The molecule has 2 amide bonds. The Kier molecular flexibility index (Phi) is 9.85. The molecule has 0 fully saturated rings. The van der Waals surface area contributed by atoms with Crippen LogP contribution in [-0.4, -0.2) is 36.7 Å². The fraction of sp³-hybridized carbons (Fsp3) is 0.0909. The van der Waals surface area contributed by atoms with E-state index in [4.69, 9.17) is 21.1 Å². The minimum atomic E-state index is -0.379. The van der Waals surface area contributed by atoms with Crippen molar-refractivity contribution in [3.8, 4) is 22.8 Å². The number of hydrogen-bond donors (Lipinski definition) is 3. The highest BCUT2D eigenvalue weighted by Crippen LogP contribution is 2.36. The summed E-state index contributed by atoms with van der Waals surface area (Å²) in [4.78, 5) is 29.6. The number of carbonyl (C=O) groups is 2. The number of rotatable bonds is 11. The Bertz CT molecular complexity index is 1770. The maximum atomic E-state index is 12.7. The van der Waals surface area contributed by atoms with E-state index in [0.29, 0.717) is 22.6 Å². The quantitative estimate of drug-likeness (QED) is 0.105. The van der Waals surface area contributed by atoms with E-state index in [9.17, 15) is 9.59 Å². The number of benzene rings is 4. The maximum absolute atomic E-state index is 12.7. The van der Waals surface area contributed by atoms with Crippen LogP contribution in [0.3, 0.4) is 0 Å². The molecular formula is C33H28ClN5O4S. The van der Waals surface area contributed by atoms with Gasteiger partial charge in [-0.25, -0.2) is 10.4 Å². The third-order valence-electron chi connectivity index (χ3n) is 6.29. The van der Waals surface area contributed by atoms with Crippen molar-refractivity contribution in [2.24, 2.45) is 5.10 Å². The molecule has 0 bridgehead atoms. The van der Waals surface area contributed by atoms with E-state index >= 15 is 0 Å². The highest BCUT2D eigenvalue weighted by atomic mass is 35.5. The van der Waals surface area contributed by atoms with E-state index in [1.807, 2.05) is 66.9 Å². The topological polar surface area (TPSA) is 114 Å². The number of amides is 2. The normalized spacial score (nSPS) is 10.8. The molecule has 0 spiro atoms. The molecule has 3 N–H and O–H groups in total. The van der Waals surface area contributed by atoms with Gasteiger partial charge in [-0.3, -0.25) is 9.59 Å². The zero-order valence-electron chi connectivity index (χ0n) is 23.8. The SMILES string of the molecule is COc1cc(/C=N/NC(=O)c2ccc(-c3csc(Nc4ccc(C)cc4)n3)cc2)cc(Cl)c1OCC(=O)Nc1ccccc1. The monoisotopic (exact) mass is 625 g/mol. The molecule has 222 valence electrons. The van der Waals surface area contributed by atoms with Crippen LogP contribution in [0.4, 0.5) is 16.5 Å². The maximum Gasteiger partial charge on any atom is 0.271 e. The average Bonchev–Trinajstić information content (AvgIpc) is 3.50. The van der Waals surface area contributed by atoms with Gasteiger partial charge in [-0.15, -0.1) is 11.3 Å². The molecule has 5 rings (SSSR count). The minimum absolute atomic E-state index is 0.219. The summed E-state index contributed by atoms with van der Waals surface area (Å²) < 4.78 is 11.0. The van der Waals surface area contributed by atoms with Crippen LogP contribution in [0.5, 0.6) is 11.5 Å². The van der Waals surface area contributed by atoms with Gasteiger partial charge in [-0.1, -0.05) is 59.6 Å². The lowest BCUT2D eigenvalue weighted by molar-refractivity contribution is -0.118. The van der Waals surface area contributed by atoms with Crippen LogP contribution in [0.25, 0.3) is 11.3 Å². The predicted molar refractivity (Wildman–Crippen MR) is 176 cm³/mol. The summed E-state index contributed by atoms with van der Waals surface area (Å²) in [6.45, 7) is 1.78. The summed E-state index contributed by atoms with van der Waals surface area (Å²) in [6, 6.07) is 27.5. The number of carbonyl (C=O) groups excluding carboxylic acids is 2. The molecule has 11 heteroatoms. The van der Waals surface area contributed by atoms with E-state index in [2.05, 4.69) is 26.1 Å². The van der Waals surface area contributed by atoms with Crippen molar-refractivity contribution < 1.29 is 19.1 Å². The van der Waals surface area contributed by atoms with Gasteiger partial charge in [-0.2, -0.15) is 5.10 Å². The van der Waals surface area contributed by atoms with Crippen molar-refractivity contribution in [3.05, 3.63) is 118 Å². The average molecular weight is 626 g/mol. The van der Waals surface area contributed by atoms with E-state index in [1.165, 1.54) is 30.2 Å². The molecule has 0 saturated carbocycles. The Morgan fingerprint density at radius 3 is 2.45 bits per heavy atom. The molecule has 44 heavy (non-hydrogen) atoms. The molecule has 1 aromatic heterocycles. The van der Waals surface area contributed by atoms with Crippen LogP contribution in [-0.2, 0) is 4.79 Å². The lowest BCUT2D eigenvalue weighted by Gasteiger charge is -2.13. The Morgan fingerprint density at radius 1 is 0.977 bits per heavy atom. The van der Waals surface area contributed by atoms with Gasteiger partial charge >= 0.3 is 0 Å². The second kappa shape index (κ2) is 14.3. The second-order valence-corrected chi connectivity index (χ2v) is 10.8. The summed E-state index contributed by atoms with van der Waals surface area (Å²) in [5.41, 5.74) is 8.03. The molecule has 4 aromatic carbocycles. The van der Waals surface area contributed by atoms with Gasteiger partial charge in [0, 0.05) is 27.9 Å². The first kappa shape index (κ1) is 30.3. The van der Waals surface area contributed by atoms with Crippen LogP contribution in [0.15, 0.2) is 101 Å². The first-order valence-corrected chi connectivity index (χ1v) is 14.7. The van der Waals surface area contributed by atoms with E-state index in [-0.39, 0.29) is 29.2 Å². The van der Waals surface area contributed by atoms with Crippen LogP contribution in [0.1, 0.15) is 21.5 Å². The molecule has 0 aliphatic heterocycles. The van der Waals surface area contributed by atoms with Gasteiger partial charge < -0.3 is 20.1 Å². The summed E-state index contributed by atoms with van der Waals surface area (Å²) in [5.74, 6) is -0.193. The molecule has 0 aliphatic carbocycles. The van der Waals surface area contributed by atoms with Crippen molar-refractivity contribution in [3.63, 3.8) is 0 Å². The van der Waals surface area contributed by atoms with Crippen LogP contribution in [0, 0.1) is 6.92 Å². The smallest absolute Gasteiger partial charge is 0.271 e. The first-order valence-electron chi connectivity index (χ1n) is 13.5. The fourth-order valence-electron chi connectivity index (χ4n) is 4.06. The third-order valence-corrected chi connectivity index (χ3v) is 7.32. The Labute approximate surface area is 263 Å². The van der Waals surface area contributed by atoms with Gasteiger partial charge in [0.1, 0.15) is 0 Å². The Hall–Kier alpha value is -5.19. The van der Waals surface area contributed by atoms with Crippen molar-refractivity contribution in [1.29, 1.82) is 0 Å². The largest absolute Gasteiger partial charge is 0.493 e.